The molecule has 17 heavy (non-hydrogen) atoms. The molecule has 1 aliphatic rings. The first kappa shape index (κ1) is 14.4. The SMILES string of the molecule is CC(C)(O)CN1CCN(CCCC(=N)N)CC1. The third kappa shape index (κ3) is 6.61. The second kappa shape index (κ2) is 6.33. The molecule has 0 aromatic carbocycles. The van der Waals surface area contributed by atoms with Gasteiger partial charge in [-0.25, -0.2) is 0 Å². The average molecular weight is 242 g/mol. The largest absolute Gasteiger partial charge is 0.389 e. The first-order valence-electron chi connectivity index (χ1n) is 6.37. The van der Waals surface area contributed by atoms with Crippen LogP contribution < -0.4 is 5.73 Å². The maximum atomic E-state index is 9.75. The highest BCUT2D eigenvalue weighted by molar-refractivity contribution is 5.76. The number of β-amino-alcohol motifs (C(OH)–C–C–N with tert-alkyl or cyclic N) is 1. The Morgan fingerprint density at radius 3 is 2.24 bits per heavy atom. The summed E-state index contributed by atoms with van der Waals surface area (Å²) in [5.74, 6) is 0.283. The molecule has 1 rings (SSSR count). The van der Waals surface area contributed by atoms with Gasteiger partial charge in [0, 0.05) is 39.1 Å². The van der Waals surface area contributed by atoms with Crippen LogP contribution in [0.3, 0.4) is 0 Å². The lowest BCUT2D eigenvalue weighted by Crippen LogP contribution is -2.50. The van der Waals surface area contributed by atoms with E-state index >= 15 is 0 Å². The fourth-order valence-electron chi connectivity index (χ4n) is 2.21. The molecule has 1 heterocycles. The first-order valence-corrected chi connectivity index (χ1v) is 6.37. The van der Waals surface area contributed by atoms with Gasteiger partial charge in [-0.2, -0.15) is 0 Å². The van der Waals surface area contributed by atoms with Gasteiger partial charge in [-0.05, 0) is 26.8 Å². The van der Waals surface area contributed by atoms with Crippen molar-refractivity contribution in [3.8, 4) is 0 Å². The topological polar surface area (TPSA) is 76.6 Å². The third-order valence-corrected chi connectivity index (χ3v) is 3.00. The average Bonchev–Trinajstić information content (AvgIpc) is 2.18. The zero-order valence-corrected chi connectivity index (χ0v) is 11.1. The van der Waals surface area contributed by atoms with Crippen molar-refractivity contribution in [2.24, 2.45) is 5.73 Å². The van der Waals surface area contributed by atoms with Gasteiger partial charge in [-0.1, -0.05) is 0 Å². The molecule has 1 saturated heterocycles. The van der Waals surface area contributed by atoms with Gasteiger partial charge in [0.25, 0.3) is 0 Å². The van der Waals surface area contributed by atoms with Gasteiger partial charge in [-0.3, -0.25) is 10.3 Å². The van der Waals surface area contributed by atoms with E-state index in [2.05, 4.69) is 9.80 Å². The standard InChI is InChI=1S/C12H26N4O/c1-12(2,17)10-16-8-6-15(7-9-16)5-3-4-11(13)14/h17H,3-10H2,1-2H3,(H3,13,14). The molecule has 1 fully saturated rings. The fourth-order valence-corrected chi connectivity index (χ4v) is 2.21. The molecule has 4 N–H and O–H groups in total. The Labute approximate surface area is 104 Å². The summed E-state index contributed by atoms with van der Waals surface area (Å²) in [6, 6.07) is 0. The van der Waals surface area contributed by atoms with Crippen molar-refractivity contribution in [2.45, 2.75) is 32.3 Å². The minimum atomic E-state index is -0.600. The fraction of sp³-hybridized carbons (Fsp3) is 0.917. The number of aliphatic hydroxyl groups is 1. The maximum absolute atomic E-state index is 9.75. The van der Waals surface area contributed by atoms with Crippen molar-refractivity contribution in [3.05, 3.63) is 0 Å². The maximum Gasteiger partial charge on any atom is 0.0905 e. The minimum Gasteiger partial charge on any atom is -0.389 e. The number of piperazine rings is 1. The Balaban J connectivity index is 2.15. The summed E-state index contributed by atoms with van der Waals surface area (Å²) >= 11 is 0. The van der Waals surface area contributed by atoms with Gasteiger partial charge in [0.2, 0.25) is 0 Å². The highest BCUT2D eigenvalue weighted by Crippen LogP contribution is 2.09. The van der Waals surface area contributed by atoms with E-state index in [9.17, 15) is 5.11 Å². The predicted octanol–water partition coefficient (Wildman–Crippen LogP) is 0.0911. The monoisotopic (exact) mass is 242 g/mol. The molecule has 0 bridgehead atoms. The molecule has 0 spiro atoms. The van der Waals surface area contributed by atoms with Gasteiger partial charge in [0.05, 0.1) is 11.4 Å². The smallest absolute Gasteiger partial charge is 0.0905 e. The summed E-state index contributed by atoms with van der Waals surface area (Å²) in [5.41, 5.74) is 4.73. The van der Waals surface area contributed by atoms with Crippen LogP contribution >= 0.6 is 0 Å². The van der Waals surface area contributed by atoms with Gasteiger partial charge >= 0.3 is 0 Å². The molecule has 0 amide bonds. The lowest BCUT2D eigenvalue weighted by atomic mass is 10.1. The normalized spacial score (nSPS) is 19.5. The molecule has 5 nitrogen and oxygen atoms in total. The summed E-state index contributed by atoms with van der Waals surface area (Å²) in [6.45, 7) is 9.61. The number of nitrogens with zero attached hydrogens (tertiary/aromatic N) is 2. The third-order valence-electron chi connectivity index (χ3n) is 3.00. The quantitative estimate of drug-likeness (QED) is 0.456. The molecule has 0 atom stereocenters. The lowest BCUT2D eigenvalue weighted by Gasteiger charge is -2.37. The number of amidine groups is 1. The molecule has 0 aliphatic carbocycles. The molecule has 0 radical (unpaired) electrons. The molecule has 0 aromatic heterocycles. The molecular weight excluding hydrogens is 216 g/mol. The summed E-state index contributed by atoms with van der Waals surface area (Å²) in [5, 5.41) is 16.9. The van der Waals surface area contributed by atoms with Crippen LogP contribution in [-0.2, 0) is 0 Å². The number of hydrogen-bond donors (Lipinski definition) is 3. The van der Waals surface area contributed by atoms with Crippen molar-refractivity contribution in [2.75, 3.05) is 39.3 Å². The van der Waals surface area contributed by atoms with Crippen molar-refractivity contribution < 1.29 is 5.11 Å². The minimum absolute atomic E-state index is 0.283. The van der Waals surface area contributed by atoms with Gasteiger partial charge in [0.15, 0.2) is 0 Å². The Morgan fingerprint density at radius 2 is 1.76 bits per heavy atom. The van der Waals surface area contributed by atoms with Crippen LogP contribution in [0.25, 0.3) is 0 Å². The van der Waals surface area contributed by atoms with E-state index in [0.29, 0.717) is 6.42 Å². The Bertz CT molecular complexity index is 241. The molecular formula is C12H26N4O. The highest BCUT2D eigenvalue weighted by Gasteiger charge is 2.22. The number of nitrogens with one attached hydrogen (secondary N) is 1. The van der Waals surface area contributed by atoms with Crippen molar-refractivity contribution in [1.29, 1.82) is 5.41 Å². The summed E-state index contributed by atoms with van der Waals surface area (Å²) in [7, 11) is 0. The lowest BCUT2D eigenvalue weighted by molar-refractivity contribution is 0.0177. The molecule has 1 aliphatic heterocycles. The van der Waals surface area contributed by atoms with E-state index in [0.717, 1.165) is 45.7 Å². The van der Waals surface area contributed by atoms with Crippen molar-refractivity contribution >= 4 is 5.84 Å². The zero-order chi connectivity index (χ0) is 12.9. The number of rotatable bonds is 6. The number of nitrogens with two attached hydrogens (primary N) is 1. The van der Waals surface area contributed by atoms with Crippen LogP contribution in [0.1, 0.15) is 26.7 Å². The molecule has 0 aromatic rings. The van der Waals surface area contributed by atoms with Crippen molar-refractivity contribution in [1.82, 2.24) is 9.80 Å². The van der Waals surface area contributed by atoms with E-state index < -0.39 is 5.60 Å². The van der Waals surface area contributed by atoms with Gasteiger partial charge in [-0.15, -0.1) is 0 Å². The number of hydrogen-bond acceptors (Lipinski definition) is 4. The van der Waals surface area contributed by atoms with Crippen LogP contribution in [0.2, 0.25) is 0 Å². The van der Waals surface area contributed by atoms with Crippen LogP contribution in [0.4, 0.5) is 0 Å². The highest BCUT2D eigenvalue weighted by atomic mass is 16.3. The molecule has 100 valence electrons. The van der Waals surface area contributed by atoms with E-state index in [1.165, 1.54) is 0 Å². The molecule has 0 saturated carbocycles. The van der Waals surface area contributed by atoms with E-state index in [1.807, 2.05) is 13.8 Å². The van der Waals surface area contributed by atoms with Gasteiger partial charge < -0.3 is 15.7 Å². The Kier molecular flexibility index (Phi) is 5.36. The zero-order valence-electron chi connectivity index (χ0n) is 11.1. The van der Waals surface area contributed by atoms with Gasteiger partial charge in [0.1, 0.15) is 0 Å². The van der Waals surface area contributed by atoms with Crippen LogP contribution in [0, 0.1) is 5.41 Å². The van der Waals surface area contributed by atoms with Crippen molar-refractivity contribution in [3.63, 3.8) is 0 Å². The Morgan fingerprint density at radius 1 is 1.24 bits per heavy atom. The molecule has 5 heteroatoms. The summed E-state index contributed by atoms with van der Waals surface area (Å²) in [4.78, 5) is 4.71. The predicted molar refractivity (Wildman–Crippen MR) is 70.3 cm³/mol. The van der Waals surface area contributed by atoms with Crippen LogP contribution in [-0.4, -0.2) is 65.6 Å². The Hall–Kier alpha value is -0.650. The van der Waals surface area contributed by atoms with E-state index in [1.54, 1.807) is 0 Å². The first-order chi connectivity index (χ1) is 7.87. The second-order valence-corrected chi connectivity index (χ2v) is 5.56. The molecule has 0 unspecified atom stereocenters. The summed E-state index contributed by atoms with van der Waals surface area (Å²) < 4.78 is 0. The summed E-state index contributed by atoms with van der Waals surface area (Å²) in [6.07, 6.45) is 1.67. The van der Waals surface area contributed by atoms with Crippen LogP contribution in [0.15, 0.2) is 0 Å². The van der Waals surface area contributed by atoms with Crippen LogP contribution in [0.5, 0.6) is 0 Å². The van der Waals surface area contributed by atoms with E-state index in [-0.39, 0.29) is 5.84 Å². The second-order valence-electron chi connectivity index (χ2n) is 5.56. The van der Waals surface area contributed by atoms with E-state index in [4.69, 9.17) is 11.1 Å².